The van der Waals surface area contributed by atoms with Gasteiger partial charge in [0.15, 0.2) is 0 Å². The van der Waals surface area contributed by atoms with Crippen molar-refractivity contribution in [2.75, 3.05) is 11.9 Å². The molecule has 2 N–H and O–H groups in total. The molecule has 0 saturated carbocycles. The maximum atomic E-state index is 5.87. The number of thiocarbonyl (C=S) groups is 1. The molecule has 3 aromatic rings. The zero-order chi connectivity index (χ0) is 14.8. The van der Waals surface area contributed by atoms with Gasteiger partial charge in [-0.25, -0.2) is 0 Å². The molecule has 0 amide bonds. The molecule has 2 heterocycles. The molecule has 0 atom stereocenters. The highest BCUT2D eigenvalue weighted by molar-refractivity contribution is 7.80. The lowest BCUT2D eigenvalue weighted by atomic mass is 10.1. The van der Waals surface area contributed by atoms with Gasteiger partial charge in [0.1, 0.15) is 4.99 Å². The van der Waals surface area contributed by atoms with Gasteiger partial charge in [-0.2, -0.15) is 0 Å². The van der Waals surface area contributed by atoms with Gasteiger partial charge in [0.25, 0.3) is 0 Å². The minimum Gasteiger partial charge on any atom is -0.389 e. The first-order chi connectivity index (χ1) is 10.2. The molecule has 0 radical (unpaired) electrons. The van der Waals surface area contributed by atoms with Gasteiger partial charge in [0, 0.05) is 24.8 Å². The second-order valence-corrected chi connectivity index (χ2v) is 5.11. The van der Waals surface area contributed by atoms with Crippen molar-refractivity contribution in [1.82, 2.24) is 9.97 Å². The van der Waals surface area contributed by atoms with Crippen molar-refractivity contribution < 1.29 is 0 Å². The lowest BCUT2D eigenvalue weighted by Gasteiger charge is -2.23. The van der Waals surface area contributed by atoms with Crippen molar-refractivity contribution in [2.24, 2.45) is 5.73 Å². The Bertz CT molecular complexity index is 802. The van der Waals surface area contributed by atoms with Crippen molar-refractivity contribution in [2.45, 2.75) is 0 Å². The van der Waals surface area contributed by atoms with Gasteiger partial charge in [-0.05, 0) is 18.2 Å². The highest BCUT2D eigenvalue weighted by Crippen LogP contribution is 2.33. The minimum atomic E-state index is 0.332. The summed E-state index contributed by atoms with van der Waals surface area (Å²) in [6, 6.07) is 11.8. The Morgan fingerprint density at radius 3 is 2.67 bits per heavy atom. The highest BCUT2D eigenvalue weighted by atomic mass is 32.1. The number of pyridine rings is 2. The Labute approximate surface area is 128 Å². The summed E-state index contributed by atoms with van der Waals surface area (Å²) >= 11 is 5.18. The van der Waals surface area contributed by atoms with Gasteiger partial charge in [-0.3, -0.25) is 9.97 Å². The second kappa shape index (κ2) is 5.46. The van der Waals surface area contributed by atoms with Crippen molar-refractivity contribution >= 4 is 39.5 Å². The van der Waals surface area contributed by atoms with Crippen LogP contribution in [0.4, 0.5) is 11.4 Å². The van der Waals surface area contributed by atoms with Gasteiger partial charge in [-0.1, -0.05) is 30.4 Å². The van der Waals surface area contributed by atoms with Crippen LogP contribution in [0.2, 0.25) is 0 Å². The van der Waals surface area contributed by atoms with Crippen molar-refractivity contribution in [3.8, 4) is 0 Å². The summed E-state index contributed by atoms with van der Waals surface area (Å²) in [5, 5.41) is 1.01. The van der Waals surface area contributed by atoms with E-state index in [0.717, 1.165) is 27.8 Å². The quantitative estimate of drug-likeness (QED) is 0.752. The fourth-order valence-corrected chi connectivity index (χ4v) is 2.50. The van der Waals surface area contributed by atoms with E-state index in [9.17, 15) is 0 Å². The Morgan fingerprint density at radius 1 is 1.14 bits per heavy atom. The van der Waals surface area contributed by atoms with Crippen LogP contribution in [0.3, 0.4) is 0 Å². The largest absolute Gasteiger partial charge is 0.389 e. The average molecular weight is 294 g/mol. The zero-order valence-corrected chi connectivity index (χ0v) is 12.3. The number of aromatic nitrogens is 2. The molecule has 5 heteroatoms. The van der Waals surface area contributed by atoms with Crippen LogP contribution in [-0.2, 0) is 0 Å². The molecule has 0 aliphatic carbocycles. The average Bonchev–Trinajstić information content (AvgIpc) is 2.53. The first kappa shape index (κ1) is 13.5. The summed E-state index contributed by atoms with van der Waals surface area (Å²) in [4.78, 5) is 11.0. The Morgan fingerprint density at radius 2 is 1.95 bits per heavy atom. The lowest BCUT2D eigenvalue weighted by molar-refractivity contribution is 1.17. The van der Waals surface area contributed by atoms with Gasteiger partial charge in [0.2, 0.25) is 0 Å². The molecule has 21 heavy (non-hydrogen) atoms. The molecule has 104 valence electrons. The van der Waals surface area contributed by atoms with Crippen LogP contribution in [0.1, 0.15) is 5.56 Å². The zero-order valence-electron chi connectivity index (χ0n) is 11.5. The van der Waals surface area contributed by atoms with E-state index in [1.54, 1.807) is 18.6 Å². The molecule has 0 aliphatic heterocycles. The molecule has 0 bridgehead atoms. The molecule has 3 rings (SSSR count). The van der Waals surface area contributed by atoms with Crippen LogP contribution >= 0.6 is 12.2 Å². The Kier molecular flexibility index (Phi) is 3.50. The van der Waals surface area contributed by atoms with E-state index >= 15 is 0 Å². The summed E-state index contributed by atoms with van der Waals surface area (Å²) in [6.45, 7) is 0. The molecule has 0 spiro atoms. The van der Waals surface area contributed by atoms with Crippen LogP contribution in [0.25, 0.3) is 10.9 Å². The Balaban J connectivity index is 2.28. The highest BCUT2D eigenvalue weighted by Gasteiger charge is 2.15. The van der Waals surface area contributed by atoms with Crippen molar-refractivity contribution in [3.63, 3.8) is 0 Å². The number of para-hydroxylation sites is 1. The molecule has 1 aromatic carbocycles. The lowest BCUT2D eigenvalue weighted by Crippen LogP contribution is -2.18. The first-order valence-corrected chi connectivity index (χ1v) is 6.90. The fraction of sp³-hybridized carbons (Fsp3) is 0.0625. The van der Waals surface area contributed by atoms with E-state index in [4.69, 9.17) is 18.0 Å². The molecule has 0 unspecified atom stereocenters. The number of rotatable bonds is 3. The monoisotopic (exact) mass is 294 g/mol. The second-order valence-electron chi connectivity index (χ2n) is 4.67. The normalized spacial score (nSPS) is 10.5. The number of fused-ring (bicyclic) bond motifs is 1. The summed E-state index contributed by atoms with van der Waals surface area (Å²) in [7, 11) is 1.97. The number of hydrogen-bond acceptors (Lipinski definition) is 4. The van der Waals surface area contributed by atoms with Crippen LogP contribution in [0.5, 0.6) is 0 Å². The molecule has 2 aromatic heterocycles. The maximum Gasteiger partial charge on any atom is 0.107 e. The van der Waals surface area contributed by atoms with E-state index in [1.165, 1.54) is 0 Å². The number of benzene rings is 1. The Hall–Kier alpha value is -2.53. The molecular weight excluding hydrogens is 280 g/mol. The predicted octanol–water partition coefficient (Wildman–Crippen LogP) is 3.03. The van der Waals surface area contributed by atoms with Gasteiger partial charge in [0.05, 0.1) is 28.7 Å². The topological polar surface area (TPSA) is 55.0 Å². The van der Waals surface area contributed by atoms with Gasteiger partial charge < -0.3 is 10.6 Å². The molecule has 0 fully saturated rings. The molecule has 4 nitrogen and oxygen atoms in total. The fourth-order valence-electron chi connectivity index (χ4n) is 2.35. The third-order valence-corrected chi connectivity index (χ3v) is 3.60. The standard InChI is InChI=1S/C16H14N4S/c1-20(11-5-4-8-18-9-11)15-12-6-2-3-7-14(12)19-10-13(15)16(17)21/h2-10H,1H3,(H2,17,21). The van der Waals surface area contributed by atoms with Crippen LogP contribution in [0.15, 0.2) is 55.0 Å². The number of nitrogens with zero attached hydrogens (tertiary/aromatic N) is 3. The predicted molar refractivity (Wildman–Crippen MR) is 89.9 cm³/mol. The van der Waals surface area contributed by atoms with Crippen LogP contribution < -0.4 is 10.6 Å². The molecule has 0 aliphatic rings. The summed E-state index contributed by atoms with van der Waals surface area (Å²) < 4.78 is 0. The molecular formula is C16H14N4S. The van der Waals surface area contributed by atoms with Crippen molar-refractivity contribution in [1.29, 1.82) is 0 Å². The van der Waals surface area contributed by atoms with E-state index < -0.39 is 0 Å². The van der Waals surface area contributed by atoms with Crippen LogP contribution in [-0.4, -0.2) is 22.0 Å². The third-order valence-electron chi connectivity index (χ3n) is 3.38. The number of anilines is 2. The minimum absolute atomic E-state index is 0.332. The van der Waals surface area contributed by atoms with Gasteiger partial charge in [-0.15, -0.1) is 0 Å². The van der Waals surface area contributed by atoms with Crippen LogP contribution in [0, 0.1) is 0 Å². The first-order valence-electron chi connectivity index (χ1n) is 6.50. The smallest absolute Gasteiger partial charge is 0.107 e. The van der Waals surface area contributed by atoms with E-state index in [1.807, 2.05) is 48.3 Å². The maximum absolute atomic E-state index is 5.87. The number of nitrogens with two attached hydrogens (primary N) is 1. The summed E-state index contributed by atoms with van der Waals surface area (Å²) in [5.74, 6) is 0. The van der Waals surface area contributed by atoms with Gasteiger partial charge >= 0.3 is 0 Å². The number of hydrogen-bond donors (Lipinski definition) is 1. The van der Waals surface area contributed by atoms with E-state index in [2.05, 4.69) is 9.97 Å². The van der Waals surface area contributed by atoms with Crippen molar-refractivity contribution in [3.05, 3.63) is 60.6 Å². The SMILES string of the molecule is CN(c1cccnc1)c1c(C(N)=S)cnc2ccccc12. The molecule has 0 saturated heterocycles. The van der Waals surface area contributed by atoms with E-state index in [0.29, 0.717) is 4.99 Å². The van der Waals surface area contributed by atoms with E-state index in [-0.39, 0.29) is 0 Å². The summed E-state index contributed by atoms with van der Waals surface area (Å²) in [5.41, 5.74) is 9.45. The third kappa shape index (κ3) is 2.43. The summed E-state index contributed by atoms with van der Waals surface area (Å²) in [6.07, 6.45) is 5.28.